The molecule has 3 atom stereocenters. The standard InChI is InChI=1S/C37H35N2O6P/c1-3-13-33(42)45-37(39-31(34(25(2)40)36(39)44)24-32(41)26-20-22-27(23-21-26)35(38)43)46(28-14-7-4-8-15-28,29-16-9-5-10-17-29)30-18-11-6-12-19-30/h3-12,14-23,25,31,34,40H,1,13,24H2,2H3,(H2,38,43). The first-order chi connectivity index (χ1) is 22.2. The van der Waals surface area contributed by atoms with Crippen LogP contribution in [0.15, 0.2) is 128 Å². The van der Waals surface area contributed by atoms with Gasteiger partial charge in [-0.25, -0.2) is 0 Å². The molecule has 1 aliphatic heterocycles. The number of esters is 1. The van der Waals surface area contributed by atoms with Gasteiger partial charge in [-0.1, -0.05) is 109 Å². The molecule has 0 spiro atoms. The molecule has 0 saturated carbocycles. The lowest BCUT2D eigenvalue weighted by Gasteiger charge is -2.50. The Labute approximate surface area is 268 Å². The number of β-lactam (4-membered cyclic amide) rings is 1. The molecular weight excluding hydrogens is 599 g/mol. The van der Waals surface area contributed by atoms with Crippen molar-refractivity contribution in [3.8, 4) is 0 Å². The van der Waals surface area contributed by atoms with E-state index in [2.05, 4.69) is 6.58 Å². The number of primary amides is 1. The number of Topliss-reactive ketones (excluding diaryl/α,β-unsaturated/α-hetero) is 1. The van der Waals surface area contributed by atoms with E-state index in [0.29, 0.717) is 5.56 Å². The van der Waals surface area contributed by atoms with Crippen molar-refractivity contribution in [2.24, 2.45) is 11.7 Å². The molecule has 0 aliphatic carbocycles. The third-order valence-electron chi connectivity index (χ3n) is 8.11. The molecule has 4 aromatic rings. The number of amides is 2. The van der Waals surface area contributed by atoms with Crippen molar-refractivity contribution in [3.63, 3.8) is 0 Å². The van der Waals surface area contributed by atoms with Crippen LogP contribution in [0.4, 0.5) is 0 Å². The lowest BCUT2D eigenvalue weighted by molar-refractivity contribution is -0.157. The molecule has 1 heterocycles. The predicted octanol–water partition coefficient (Wildman–Crippen LogP) is 3.77. The zero-order chi connectivity index (χ0) is 32.8. The number of rotatable bonds is 12. The number of ketones is 1. The molecular formula is C37H35N2O6P. The average Bonchev–Trinajstić information content (AvgIpc) is 3.06. The van der Waals surface area contributed by atoms with E-state index in [4.69, 9.17) is 10.5 Å². The first-order valence-electron chi connectivity index (χ1n) is 14.9. The molecule has 1 aliphatic rings. The molecule has 2 amide bonds. The lowest BCUT2D eigenvalue weighted by Crippen LogP contribution is -2.67. The predicted molar refractivity (Wildman–Crippen MR) is 181 cm³/mol. The Bertz CT molecular complexity index is 1700. The van der Waals surface area contributed by atoms with E-state index < -0.39 is 42.7 Å². The first kappa shape index (κ1) is 32.4. The second kappa shape index (κ2) is 13.9. The summed E-state index contributed by atoms with van der Waals surface area (Å²) in [5, 5.41) is 13.3. The van der Waals surface area contributed by atoms with Gasteiger partial charge in [-0.05, 0) is 35.0 Å². The highest BCUT2D eigenvalue weighted by molar-refractivity contribution is 7.95. The summed E-state index contributed by atoms with van der Waals surface area (Å²) in [5.74, 6) is -2.93. The number of aliphatic hydroxyl groups is 1. The van der Waals surface area contributed by atoms with Crippen molar-refractivity contribution in [1.82, 2.24) is 4.90 Å². The van der Waals surface area contributed by atoms with E-state index >= 15 is 0 Å². The van der Waals surface area contributed by atoms with Crippen molar-refractivity contribution in [2.75, 3.05) is 0 Å². The average molecular weight is 635 g/mol. The van der Waals surface area contributed by atoms with Crippen molar-refractivity contribution in [2.45, 2.75) is 31.9 Å². The number of carbonyl (C=O) groups excluding carboxylic acids is 4. The maximum atomic E-state index is 14.2. The van der Waals surface area contributed by atoms with Crippen molar-refractivity contribution < 1.29 is 29.0 Å². The summed E-state index contributed by atoms with van der Waals surface area (Å²) >= 11 is 0. The van der Waals surface area contributed by atoms with Gasteiger partial charge in [0.25, 0.3) is 0 Å². The van der Waals surface area contributed by atoms with E-state index in [9.17, 15) is 24.3 Å². The van der Waals surface area contributed by atoms with Gasteiger partial charge in [-0.2, -0.15) is 0 Å². The minimum Gasteiger partial charge on any atom is -0.408 e. The van der Waals surface area contributed by atoms with E-state index in [-0.39, 0.29) is 29.8 Å². The Morgan fingerprint density at radius 1 is 0.848 bits per heavy atom. The summed E-state index contributed by atoms with van der Waals surface area (Å²) in [6.45, 7) is 2.07. The van der Waals surface area contributed by atoms with E-state index in [1.165, 1.54) is 42.2 Å². The molecule has 234 valence electrons. The number of ether oxygens (including phenoxy) is 1. The van der Waals surface area contributed by atoms with Gasteiger partial charge >= 0.3 is 5.97 Å². The van der Waals surface area contributed by atoms with Crippen molar-refractivity contribution >= 4 is 52.0 Å². The van der Waals surface area contributed by atoms with Gasteiger partial charge in [0.15, 0.2) is 5.78 Å². The smallest absolute Gasteiger partial charge is 0.316 e. The number of hydrogen-bond acceptors (Lipinski definition) is 6. The van der Waals surface area contributed by atoms with Gasteiger partial charge in [-0.15, -0.1) is 6.58 Å². The molecule has 5 rings (SSSR count). The van der Waals surface area contributed by atoms with E-state index in [1.54, 1.807) is 0 Å². The van der Waals surface area contributed by atoms with Crippen LogP contribution in [0.2, 0.25) is 0 Å². The minimum atomic E-state index is -3.13. The van der Waals surface area contributed by atoms with E-state index in [0.717, 1.165) is 15.9 Å². The number of carbonyl (C=O) groups is 4. The van der Waals surface area contributed by atoms with Gasteiger partial charge in [-0.3, -0.25) is 24.1 Å². The molecule has 3 N–H and O–H groups in total. The molecule has 1 saturated heterocycles. The lowest BCUT2D eigenvalue weighted by atomic mass is 9.80. The molecule has 46 heavy (non-hydrogen) atoms. The summed E-state index contributed by atoms with van der Waals surface area (Å²) < 4.78 is 6.30. The first-order valence-corrected chi connectivity index (χ1v) is 16.7. The number of hydrogen-bond donors (Lipinski definition) is 2. The number of nitrogens with zero attached hydrogens (tertiary/aromatic N) is 1. The Morgan fingerprint density at radius 2 is 1.30 bits per heavy atom. The second-order valence-electron chi connectivity index (χ2n) is 11.0. The van der Waals surface area contributed by atoms with Crippen LogP contribution in [0.1, 0.15) is 40.5 Å². The van der Waals surface area contributed by atoms with Crippen LogP contribution >= 0.6 is 6.89 Å². The Morgan fingerprint density at radius 3 is 1.72 bits per heavy atom. The summed E-state index contributed by atoms with van der Waals surface area (Å²) in [6.07, 6.45) is 0.0697. The zero-order valence-electron chi connectivity index (χ0n) is 25.4. The maximum Gasteiger partial charge on any atom is 0.316 e. The van der Waals surface area contributed by atoms with Crippen LogP contribution in [0, 0.1) is 5.92 Å². The largest absolute Gasteiger partial charge is 0.408 e. The third kappa shape index (κ3) is 6.10. The van der Waals surface area contributed by atoms with Gasteiger partial charge in [0.05, 0.1) is 24.5 Å². The molecule has 0 aromatic heterocycles. The summed E-state index contributed by atoms with van der Waals surface area (Å²) in [4.78, 5) is 54.3. The number of benzene rings is 4. The molecule has 8 nitrogen and oxygen atoms in total. The van der Waals surface area contributed by atoms with Gasteiger partial charge in [0.2, 0.25) is 17.4 Å². The second-order valence-corrected chi connectivity index (χ2v) is 14.3. The maximum absolute atomic E-state index is 14.2. The van der Waals surface area contributed by atoms with Gasteiger partial charge in [0.1, 0.15) is 0 Å². The minimum absolute atomic E-state index is 0.112. The highest BCUT2D eigenvalue weighted by Crippen LogP contribution is 2.50. The fourth-order valence-corrected chi connectivity index (χ4v) is 10.2. The summed E-state index contributed by atoms with van der Waals surface area (Å²) in [7, 11) is 0. The summed E-state index contributed by atoms with van der Waals surface area (Å²) in [6, 6.07) is 33.9. The van der Waals surface area contributed by atoms with Crippen LogP contribution < -0.4 is 21.6 Å². The Kier molecular flexibility index (Phi) is 9.81. The molecule has 9 heteroatoms. The van der Waals surface area contributed by atoms with Crippen LogP contribution in [0.25, 0.3) is 0 Å². The molecule has 3 unspecified atom stereocenters. The monoisotopic (exact) mass is 634 g/mol. The number of aliphatic hydroxyl groups excluding tert-OH is 1. The fraction of sp³-hybridized carbons (Fsp3) is 0.162. The topological polar surface area (TPSA) is 127 Å². The van der Waals surface area contributed by atoms with E-state index in [1.807, 2.05) is 91.0 Å². The van der Waals surface area contributed by atoms with Gasteiger partial charge < -0.3 is 15.6 Å². The third-order valence-corrected chi connectivity index (χ3v) is 12.2. The SMILES string of the molecule is C=CCC(=O)OC(N1C(=O)C(C(C)O)C1CC(=O)c1ccc(C(N)=O)cc1)=P(c1ccccc1)(c1ccccc1)c1ccccc1. The van der Waals surface area contributed by atoms with Gasteiger partial charge in [0, 0.05) is 24.4 Å². The molecule has 0 radical (unpaired) electrons. The Hall–Kier alpha value is -5.04. The fourth-order valence-electron chi connectivity index (χ4n) is 5.95. The number of nitrogens with two attached hydrogens (primary N) is 1. The Balaban J connectivity index is 1.80. The van der Waals surface area contributed by atoms with Crippen LogP contribution in [0.5, 0.6) is 0 Å². The zero-order valence-corrected chi connectivity index (χ0v) is 26.3. The quantitative estimate of drug-likeness (QED) is 0.0804. The van der Waals surface area contributed by atoms with Crippen molar-refractivity contribution in [3.05, 3.63) is 139 Å². The molecule has 4 aromatic carbocycles. The molecule has 0 bridgehead atoms. The highest BCUT2D eigenvalue weighted by atomic mass is 31.2. The van der Waals surface area contributed by atoms with Crippen molar-refractivity contribution in [1.29, 1.82) is 0 Å². The normalized spacial score (nSPS) is 16.6. The summed E-state index contributed by atoms with van der Waals surface area (Å²) in [5.41, 5.74) is 6.06. The van der Waals surface area contributed by atoms with Crippen LogP contribution in [-0.2, 0) is 14.3 Å². The molecule has 1 fully saturated rings. The van der Waals surface area contributed by atoms with Crippen LogP contribution in [0.3, 0.4) is 0 Å². The highest BCUT2D eigenvalue weighted by Gasteiger charge is 2.55. The van der Waals surface area contributed by atoms with Crippen LogP contribution in [-0.4, -0.2) is 51.3 Å². The number of likely N-dealkylation sites (tertiary alicyclic amines) is 1.